The Hall–Kier alpha value is -3.39. The maximum absolute atomic E-state index is 13.7. The molecule has 1 aliphatic carbocycles. The number of nitrogens with one attached hydrogen (secondary N) is 1. The molecule has 1 atom stereocenters. The van der Waals surface area contributed by atoms with Crippen molar-refractivity contribution in [1.29, 1.82) is 0 Å². The van der Waals surface area contributed by atoms with Gasteiger partial charge in [0.05, 0.1) is 25.2 Å². The maximum atomic E-state index is 13.7. The third kappa shape index (κ3) is 3.42. The van der Waals surface area contributed by atoms with Crippen molar-refractivity contribution in [3.63, 3.8) is 0 Å². The number of benzene rings is 1. The number of ether oxygens (including phenoxy) is 1. The highest BCUT2D eigenvalue weighted by Crippen LogP contribution is 2.49. The summed E-state index contributed by atoms with van der Waals surface area (Å²) in [4.78, 5) is 38.1. The lowest BCUT2D eigenvalue weighted by Crippen LogP contribution is -2.68. The number of aliphatic hydroxyl groups excluding tert-OH is 1. The number of carbonyl (C=O) groups excluding carboxylic acids is 2. The molecule has 2 amide bonds. The summed E-state index contributed by atoms with van der Waals surface area (Å²) < 4.78 is 5.43. The number of aromatic amines is 1. The molecule has 2 aromatic heterocycles. The minimum Gasteiger partial charge on any atom is -0.497 e. The van der Waals surface area contributed by atoms with Crippen molar-refractivity contribution in [3.05, 3.63) is 59.5 Å². The first-order valence-electron chi connectivity index (χ1n) is 12.4. The molecule has 0 unspecified atom stereocenters. The van der Waals surface area contributed by atoms with Crippen molar-refractivity contribution in [2.24, 2.45) is 5.92 Å². The lowest BCUT2D eigenvalue weighted by molar-refractivity contribution is -0.142. The van der Waals surface area contributed by atoms with Crippen LogP contribution in [0.3, 0.4) is 0 Å². The van der Waals surface area contributed by atoms with Crippen LogP contribution in [-0.4, -0.2) is 70.0 Å². The largest absolute Gasteiger partial charge is 0.497 e. The first-order valence-corrected chi connectivity index (χ1v) is 12.4. The summed E-state index contributed by atoms with van der Waals surface area (Å²) in [6, 6.07) is 8.98. The van der Waals surface area contributed by atoms with Crippen LogP contribution in [0.1, 0.15) is 53.3 Å². The van der Waals surface area contributed by atoms with Gasteiger partial charge in [0.2, 0.25) is 5.91 Å². The van der Waals surface area contributed by atoms with Crippen LogP contribution < -0.4 is 4.74 Å². The Morgan fingerprint density at radius 1 is 1.14 bits per heavy atom. The van der Waals surface area contributed by atoms with Crippen LogP contribution in [0.5, 0.6) is 5.75 Å². The van der Waals surface area contributed by atoms with Gasteiger partial charge in [-0.2, -0.15) is 0 Å². The molecule has 3 aliphatic rings. The molecule has 1 aromatic carbocycles. The van der Waals surface area contributed by atoms with E-state index in [2.05, 4.69) is 9.97 Å². The summed E-state index contributed by atoms with van der Waals surface area (Å²) in [7, 11) is 1.64. The summed E-state index contributed by atoms with van der Waals surface area (Å²) >= 11 is 0. The fraction of sp³-hybridized carbons (Fsp3) is 0.444. The fourth-order valence-corrected chi connectivity index (χ4v) is 6.41. The summed E-state index contributed by atoms with van der Waals surface area (Å²) in [6.07, 6.45) is 7.22. The van der Waals surface area contributed by atoms with Crippen molar-refractivity contribution in [3.8, 4) is 5.75 Å². The normalized spacial score (nSPS) is 21.3. The van der Waals surface area contributed by atoms with Crippen LogP contribution in [0.25, 0.3) is 10.9 Å². The minimum atomic E-state index is -0.424. The average molecular weight is 475 g/mol. The molecular formula is C27H30N4O4. The van der Waals surface area contributed by atoms with Gasteiger partial charge in [-0.05, 0) is 42.7 Å². The lowest BCUT2D eigenvalue weighted by Gasteiger charge is -2.56. The van der Waals surface area contributed by atoms with E-state index in [4.69, 9.17) is 4.74 Å². The van der Waals surface area contributed by atoms with Crippen LogP contribution in [-0.2, 0) is 10.2 Å². The number of nitrogens with zero attached hydrogens (tertiary/aromatic N) is 3. The van der Waals surface area contributed by atoms with E-state index in [-0.39, 0.29) is 29.8 Å². The van der Waals surface area contributed by atoms with E-state index in [1.807, 2.05) is 28.0 Å². The third-order valence-electron chi connectivity index (χ3n) is 8.11. The van der Waals surface area contributed by atoms with E-state index in [1.54, 1.807) is 31.6 Å². The van der Waals surface area contributed by atoms with E-state index in [0.717, 1.165) is 53.6 Å². The molecule has 1 saturated carbocycles. The second-order valence-electron chi connectivity index (χ2n) is 10.1. The Morgan fingerprint density at radius 2 is 1.89 bits per heavy atom. The smallest absolute Gasteiger partial charge is 0.254 e. The second kappa shape index (κ2) is 8.37. The first-order chi connectivity index (χ1) is 17.0. The standard InChI is InChI=1S/C27H30N4O4/c1-35-19-6-7-20-21(12-19)29-24-22(13-32)31(26(34)17-4-2-3-5-17)16-27(23(20)24)14-30(15-27)25(33)18-8-10-28-11-9-18/h6-12,17,22,29,32H,2-5,13-16H2,1H3/t22-/m1/s1. The number of aliphatic hydroxyl groups is 1. The zero-order valence-corrected chi connectivity index (χ0v) is 19.9. The SMILES string of the molecule is COc1ccc2c3c([nH]c2c1)[C@@H](CO)N(C(=O)C1CCCC1)CC31CN(C(=O)c2ccncc2)C1. The van der Waals surface area contributed by atoms with Crippen LogP contribution >= 0.6 is 0 Å². The van der Waals surface area contributed by atoms with Gasteiger partial charge in [0, 0.05) is 66.2 Å². The number of methoxy groups -OCH3 is 1. The predicted octanol–water partition coefficient (Wildman–Crippen LogP) is 3.03. The molecule has 0 radical (unpaired) electrons. The average Bonchev–Trinajstić information content (AvgIpc) is 3.54. The molecule has 35 heavy (non-hydrogen) atoms. The molecule has 8 heteroatoms. The number of aromatic nitrogens is 2. The van der Waals surface area contributed by atoms with Gasteiger partial charge in [0.25, 0.3) is 5.91 Å². The highest BCUT2D eigenvalue weighted by atomic mass is 16.5. The molecule has 0 bridgehead atoms. The Bertz CT molecular complexity index is 1280. The van der Waals surface area contributed by atoms with Gasteiger partial charge in [0.15, 0.2) is 0 Å². The molecule has 8 nitrogen and oxygen atoms in total. The highest BCUT2D eigenvalue weighted by molar-refractivity contribution is 5.96. The van der Waals surface area contributed by atoms with Crippen LogP contribution in [0, 0.1) is 5.92 Å². The second-order valence-corrected chi connectivity index (χ2v) is 10.1. The van der Waals surface area contributed by atoms with E-state index < -0.39 is 6.04 Å². The number of H-pyrrole nitrogens is 1. The molecule has 3 aromatic rings. The number of amides is 2. The Morgan fingerprint density at radius 3 is 2.57 bits per heavy atom. The Kier molecular flexibility index (Phi) is 5.29. The van der Waals surface area contributed by atoms with Gasteiger partial charge < -0.3 is 24.6 Å². The van der Waals surface area contributed by atoms with Gasteiger partial charge in [-0.3, -0.25) is 14.6 Å². The predicted molar refractivity (Wildman–Crippen MR) is 130 cm³/mol. The third-order valence-corrected chi connectivity index (χ3v) is 8.11. The minimum absolute atomic E-state index is 0.0155. The molecule has 1 spiro atoms. The molecule has 182 valence electrons. The van der Waals surface area contributed by atoms with Crippen molar-refractivity contribution < 1.29 is 19.4 Å². The molecule has 2 N–H and O–H groups in total. The summed E-state index contributed by atoms with van der Waals surface area (Å²) in [5, 5.41) is 11.5. The van der Waals surface area contributed by atoms with Crippen LogP contribution in [0.4, 0.5) is 0 Å². The molecular weight excluding hydrogens is 444 g/mol. The number of pyridine rings is 1. The number of likely N-dealkylation sites (tertiary alicyclic amines) is 1. The summed E-state index contributed by atoms with van der Waals surface area (Å²) in [5.41, 5.74) is 3.14. The van der Waals surface area contributed by atoms with Gasteiger partial charge >= 0.3 is 0 Å². The van der Waals surface area contributed by atoms with E-state index in [1.165, 1.54) is 0 Å². The number of hydrogen-bond donors (Lipinski definition) is 2. The number of carbonyl (C=O) groups is 2. The lowest BCUT2D eigenvalue weighted by atomic mass is 9.68. The quantitative estimate of drug-likeness (QED) is 0.606. The fourth-order valence-electron chi connectivity index (χ4n) is 6.41. The molecule has 2 aliphatic heterocycles. The van der Waals surface area contributed by atoms with Gasteiger partial charge in [-0.15, -0.1) is 0 Å². The van der Waals surface area contributed by atoms with Crippen LogP contribution in [0.2, 0.25) is 0 Å². The number of rotatable bonds is 4. The zero-order chi connectivity index (χ0) is 24.2. The zero-order valence-electron chi connectivity index (χ0n) is 19.9. The van der Waals surface area contributed by atoms with E-state index >= 15 is 0 Å². The van der Waals surface area contributed by atoms with Gasteiger partial charge in [-0.1, -0.05) is 12.8 Å². The molecule has 4 heterocycles. The number of hydrogen-bond acceptors (Lipinski definition) is 5. The molecule has 1 saturated heterocycles. The van der Waals surface area contributed by atoms with Crippen molar-refractivity contribution in [1.82, 2.24) is 19.8 Å². The molecule has 6 rings (SSSR count). The van der Waals surface area contributed by atoms with Crippen molar-refractivity contribution in [2.75, 3.05) is 33.4 Å². The summed E-state index contributed by atoms with van der Waals surface area (Å²) in [6.45, 7) is 1.39. The Balaban J connectivity index is 1.42. The highest BCUT2D eigenvalue weighted by Gasteiger charge is 2.55. The first kappa shape index (κ1) is 22.1. The van der Waals surface area contributed by atoms with Crippen molar-refractivity contribution >= 4 is 22.7 Å². The maximum Gasteiger partial charge on any atom is 0.254 e. The van der Waals surface area contributed by atoms with Gasteiger partial charge in [0.1, 0.15) is 5.75 Å². The van der Waals surface area contributed by atoms with E-state index in [0.29, 0.717) is 25.2 Å². The number of fused-ring (bicyclic) bond motifs is 4. The topological polar surface area (TPSA) is 98.8 Å². The molecule has 2 fully saturated rings. The Labute approximate surface area is 203 Å². The van der Waals surface area contributed by atoms with E-state index in [9.17, 15) is 14.7 Å². The summed E-state index contributed by atoms with van der Waals surface area (Å²) in [5.74, 6) is 0.857. The monoisotopic (exact) mass is 474 g/mol. The van der Waals surface area contributed by atoms with Gasteiger partial charge in [-0.25, -0.2) is 0 Å². The van der Waals surface area contributed by atoms with Crippen LogP contribution in [0.15, 0.2) is 42.7 Å². The van der Waals surface area contributed by atoms with Crippen molar-refractivity contribution in [2.45, 2.75) is 37.1 Å².